The SMILES string of the molecule is COc1cc(F)c(C(N)c2ccc(F)cc2Cl)c(F)c1. The van der Waals surface area contributed by atoms with Crippen LogP contribution in [0.25, 0.3) is 0 Å². The number of benzene rings is 2. The molecule has 106 valence electrons. The zero-order valence-electron chi connectivity index (χ0n) is 10.5. The second-order valence-electron chi connectivity index (χ2n) is 4.15. The van der Waals surface area contributed by atoms with Crippen LogP contribution in [0.2, 0.25) is 5.02 Å². The summed E-state index contributed by atoms with van der Waals surface area (Å²) in [4.78, 5) is 0. The van der Waals surface area contributed by atoms with Crippen molar-refractivity contribution >= 4 is 11.6 Å². The number of methoxy groups -OCH3 is 1. The summed E-state index contributed by atoms with van der Waals surface area (Å²) < 4.78 is 45.6. The fraction of sp³-hybridized carbons (Fsp3) is 0.143. The summed E-state index contributed by atoms with van der Waals surface area (Å²) in [7, 11) is 1.30. The molecule has 0 aliphatic carbocycles. The number of ether oxygens (including phenoxy) is 1. The van der Waals surface area contributed by atoms with Crippen molar-refractivity contribution in [2.24, 2.45) is 5.73 Å². The van der Waals surface area contributed by atoms with E-state index >= 15 is 0 Å². The van der Waals surface area contributed by atoms with E-state index in [9.17, 15) is 13.2 Å². The minimum Gasteiger partial charge on any atom is -0.497 e. The highest BCUT2D eigenvalue weighted by atomic mass is 35.5. The largest absolute Gasteiger partial charge is 0.497 e. The quantitative estimate of drug-likeness (QED) is 0.935. The summed E-state index contributed by atoms with van der Waals surface area (Å²) in [6, 6.07) is 4.36. The molecular weight excluding hydrogens is 291 g/mol. The van der Waals surface area contributed by atoms with Gasteiger partial charge >= 0.3 is 0 Å². The first-order chi connectivity index (χ1) is 9.43. The lowest BCUT2D eigenvalue weighted by molar-refractivity contribution is 0.404. The second kappa shape index (κ2) is 5.73. The zero-order chi connectivity index (χ0) is 14.9. The van der Waals surface area contributed by atoms with E-state index in [-0.39, 0.29) is 21.9 Å². The van der Waals surface area contributed by atoms with Crippen molar-refractivity contribution in [3.8, 4) is 5.75 Å². The van der Waals surface area contributed by atoms with Crippen LogP contribution >= 0.6 is 11.6 Å². The molecule has 6 heteroatoms. The lowest BCUT2D eigenvalue weighted by Gasteiger charge is -2.16. The molecule has 1 atom stereocenters. The van der Waals surface area contributed by atoms with Crippen molar-refractivity contribution in [3.05, 3.63) is 63.9 Å². The average molecular weight is 302 g/mol. The monoisotopic (exact) mass is 301 g/mol. The van der Waals surface area contributed by atoms with Gasteiger partial charge in [0.25, 0.3) is 0 Å². The van der Waals surface area contributed by atoms with Gasteiger partial charge in [-0.05, 0) is 17.7 Å². The third-order valence-corrected chi connectivity index (χ3v) is 3.22. The van der Waals surface area contributed by atoms with Gasteiger partial charge in [-0.2, -0.15) is 0 Å². The molecule has 0 aliphatic heterocycles. The number of halogens is 4. The molecule has 0 aromatic heterocycles. The predicted octanol–water partition coefficient (Wildman–Crippen LogP) is 3.81. The molecule has 0 amide bonds. The van der Waals surface area contributed by atoms with Crippen LogP contribution in [0.4, 0.5) is 13.2 Å². The number of hydrogen-bond donors (Lipinski definition) is 1. The van der Waals surface area contributed by atoms with E-state index in [1.165, 1.54) is 13.2 Å². The average Bonchev–Trinajstić information content (AvgIpc) is 2.37. The van der Waals surface area contributed by atoms with Gasteiger partial charge in [-0.1, -0.05) is 17.7 Å². The Bertz CT molecular complexity index is 625. The molecular formula is C14H11ClF3NO. The number of hydrogen-bond acceptors (Lipinski definition) is 2. The Morgan fingerprint density at radius 2 is 1.70 bits per heavy atom. The van der Waals surface area contributed by atoms with E-state index in [0.29, 0.717) is 0 Å². The lowest BCUT2D eigenvalue weighted by atomic mass is 9.98. The van der Waals surface area contributed by atoms with Crippen LogP contribution in [-0.2, 0) is 0 Å². The lowest BCUT2D eigenvalue weighted by Crippen LogP contribution is -2.16. The van der Waals surface area contributed by atoms with E-state index in [4.69, 9.17) is 22.1 Å². The van der Waals surface area contributed by atoms with Crippen LogP contribution in [0.3, 0.4) is 0 Å². The third-order valence-electron chi connectivity index (χ3n) is 2.90. The fourth-order valence-corrected chi connectivity index (χ4v) is 2.17. The molecule has 1 unspecified atom stereocenters. The summed E-state index contributed by atoms with van der Waals surface area (Å²) in [6.45, 7) is 0. The Kier molecular flexibility index (Phi) is 4.20. The van der Waals surface area contributed by atoms with Gasteiger partial charge in [0.05, 0.1) is 13.2 Å². The first-order valence-corrected chi connectivity index (χ1v) is 6.05. The number of rotatable bonds is 3. The van der Waals surface area contributed by atoms with Crippen molar-refractivity contribution < 1.29 is 17.9 Å². The van der Waals surface area contributed by atoms with Gasteiger partial charge in [-0.25, -0.2) is 13.2 Å². The molecule has 0 heterocycles. The Morgan fingerprint density at radius 3 is 2.20 bits per heavy atom. The van der Waals surface area contributed by atoms with E-state index in [2.05, 4.69) is 0 Å². The van der Waals surface area contributed by atoms with Crippen LogP contribution in [0.5, 0.6) is 5.75 Å². The third kappa shape index (κ3) is 2.73. The van der Waals surface area contributed by atoms with Gasteiger partial charge in [-0.15, -0.1) is 0 Å². The normalized spacial score (nSPS) is 12.3. The smallest absolute Gasteiger partial charge is 0.134 e. The van der Waals surface area contributed by atoms with Crippen LogP contribution in [0, 0.1) is 17.5 Å². The van der Waals surface area contributed by atoms with Crippen LogP contribution in [0.1, 0.15) is 17.2 Å². The summed E-state index contributed by atoms with van der Waals surface area (Å²) in [5.74, 6) is -2.22. The molecule has 0 fully saturated rings. The highest BCUT2D eigenvalue weighted by Crippen LogP contribution is 2.32. The van der Waals surface area contributed by atoms with Crippen molar-refractivity contribution in [1.82, 2.24) is 0 Å². The Balaban J connectivity index is 2.50. The second-order valence-corrected chi connectivity index (χ2v) is 4.56. The van der Waals surface area contributed by atoms with Gasteiger partial charge in [0.2, 0.25) is 0 Å². The number of nitrogens with two attached hydrogens (primary N) is 1. The Labute approximate surface area is 118 Å². The Morgan fingerprint density at radius 1 is 1.10 bits per heavy atom. The molecule has 2 nitrogen and oxygen atoms in total. The Hall–Kier alpha value is -1.72. The van der Waals surface area contributed by atoms with E-state index in [1.54, 1.807) is 0 Å². The molecule has 0 spiro atoms. The van der Waals surface area contributed by atoms with Crippen LogP contribution < -0.4 is 10.5 Å². The zero-order valence-corrected chi connectivity index (χ0v) is 11.2. The van der Waals surface area contributed by atoms with Gasteiger partial charge in [-0.3, -0.25) is 0 Å². The molecule has 2 N–H and O–H groups in total. The van der Waals surface area contributed by atoms with Crippen LogP contribution in [-0.4, -0.2) is 7.11 Å². The van der Waals surface area contributed by atoms with Crippen molar-refractivity contribution in [3.63, 3.8) is 0 Å². The minimum absolute atomic E-state index is 0.00659. The van der Waals surface area contributed by atoms with E-state index < -0.39 is 23.5 Å². The van der Waals surface area contributed by atoms with Gasteiger partial charge in [0.15, 0.2) is 0 Å². The standard InChI is InChI=1S/C14H11ClF3NO/c1-20-8-5-11(17)13(12(18)6-8)14(19)9-3-2-7(16)4-10(9)15/h2-6,14H,19H2,1H3. The maximum absolute atomic E-state index is 13.9. The van der Waals surface area contributed by atoms with Gasteiger partial charge < -0.3 is 10.5 Å². The highest BCUT2D eigenvalue weighted by Gasteiger charge is 2.22. The molecule has 2 rings (SSSR count). The molecule has 0 saturated heterocycles. The molecule has 2 aromatic rings. The molecule has 0 bridgehead atoms. The highest BCUT2D eigenvalue weighted by molar-refractivity contribution is 6.31. The predicted molar refractivity (Wildman–Crippen MR) is 70.4 cm³/mol. The first kappa shape index (κ1) is 14.7. The van der Waals surface area contributed by atoms with E-state index in [0.717, 1.165) is 24.3 Å². The minimum atomic E-state index is -1.14. The van der Waals surface area contributed by atoms with E-state index in [1.807, 2.05) is 0 Å². The molecule has 2 aromatic carbocycles. The summed E-state index contributed by atoms with van der Waals surface area (Å²) in [5.41, 5.74) is 5.72. The summed E-state index contributed by atoms with van der Waals surface area (Å²) in [6.07, 6.45) is 0. The van der Waals surface area contributed by atoms with Crippen molar-refractivity contribution in [2.75, 3.05) is 7.11 Å². The van der Waals surface area contributed by atoms with Crippen molar-refractivity contribution in [1.29, 1.82) is 0 Å². The topological polar surface area (TPSA) is 35.2 Å². The van der Waals surface area contributed by atoms with Crippen LogP contribution in [0.15, 0.2) is 30.3 Å². The molecule has 20 heavy (non-hydrogen) atoms. The fourth-order valence-electron chi connectivity index (χ4n) is 1.89. The summed E-state index contributed by atoms with van der Waals surface area (Å²) in [5, 5.41) is 0.00659. The van der Waals surface area contributed by atoms with Crippen molar-refractivity contribution in [2.45, 2.75) is 6.04 Å². The van der Waals surface area contributed by atoms with Gasteiger partial charge in [0.1, 0.15) is 23.2 Å². The maximum atomic E-state index is 13.9. The molecule has 0 saturated carbocycles. The molecule has 0 radical (unpaired) electrons. The first-order valence-electron chi connectivity index (χ1n) is 5.67. The van der Waals surface area contributed by atoms with Gasteiger partial charge in [0, 0.05) is 22.7 Å². The maximum Gasteiger partial charge on any atom is 0.134 e. The summed E-state index contributed by atoms with van der Waals surface area (Å²) >= 11 is 5.85. The molecule has 0 aliphatic rings.